The van der Waals surface area contributed by atoms with Gasteiger partial charge in [-0.05, 0) is 70.1 Å². The van der Waals surface area contributed by atoms with Gasteiger partial charge in [-0.2, -0.15) is 0 Å². The number of carbonyl (C=O) groups excluding carboxylic acids is 2. The van der Waals surface area contributed by atoms with Crippen molar-refractivity contribution in [1.82, 2.24) is 25.1 Å². The van der Waals surface area contributed by atoms with E-state index in [0.29, 0.717) is 11.9 Å². The number of hydrogen-bond acceptors (Lipinski definition) is 6. The Labute approximate surface area is 193 Å². The highest BCUT2D eigenvalue weighted by Crippen LogP contribution is 2.33. The lowest BCUT2D eigenvalue weighted by Gasteiger charge is -2.20. The third-order valence-electron chi connectivity index (χ3n) is 5.75. The zero-order valence-corrected chi connectivity index (χ0v) is 20.1. The number of aromatic nitrogens is 2. The van der Waals surface area contributed by atoms with E-state index in [2.05, 4.69) is 34.4 Å². The molecule has 2 heterocycles. The highest BCUT2D eigenvalue weighted by Gasteiger charge is 2.20. The maximum Gasteiger partial charge on any atom is 0.262 e. The van der Waals surface area contributed by atoms with Gasteiger partial charge in [0, 0.05) is 11.4 Å². The van der Waals surface area contributed by atoms with Crippen molar-refractivity contribution < 1.29 is 9.59 Å². The molecule has 2 N–H and O–H groups in total. The molecule has 3 rings (SSSR count). The maximum atomic E-state index is 12.9. The molecule has 0 saturated carbocycles. The highest BCUT2D eigenvalue weighted by atomic mass is 32.1. The fourth-order valence-corrected chi connectivity index (χ4v) is 5.46. The van der Waals surface area contributed by atoms with Crippen LogP contribution in [0.15, 0.2) is 11.1 Å². The van der Waals surface area contributed by atoms with Gasteiger partial charge in [0.15, 0.2) is 0 Å². The molecule has 0 radical (unpaired) electrons. The fourth-order valence-electron chi connectivity index (χ4n) is 4.24. The van der Waals surface area contributed by atoms with E-state index in [4.69, 9.17) is 0 Å². The molecule has 0 atom stereocenters. The molecule has 9 heteroatoms. The summed E-state index contributed by atoms with van der Waals surface area (Å²) < 4.78 is 1.34. The molecule has 2 aromatic rings. The first-order valence-corrected chi connectivity index (χ1v) is 12.6. The summed E-state index contributed by atoms with van der Waals surface area (Å²) in [7, 11) is 0. The Bertz CT molecular complexity index is 978. The summed E-state index contributed by atoms with van der Waals surface area (Å²) in [6.45, 7) is 7.81. The Morgan fingerprint density at radius 3 is 2.59 bits per heavy atom. The van der Waals surface area contributed by atoms with E-state index in [9.17, 15) is 14.4 Å². The molecule has 0 spiro atoms. The number of thiophene rings is 1. The van der Waals surface area contributed by atoms with Crippen molar-refractivity contribution in [2.75, 3.05) is 32.7 Å². The van der Waals surface area contributed by atoms with Gasteiger partial charge in [0.25, 0.3) is 5.56 Å². The average molecular weight is 462 g/mol. The first-order chi connectivity index (χ1) is 15.5. The zero-order chi connectivity index (χ0) is 22.9. The third kappa shape index (κ3) is 6.38. The minimum atomic E-state index is -0.371. The van der Waals surface area contributed by atoms with Gasteiger partial charge in [0.1, 0.15) is 11.4 Å². The summed E-state index contributed by atoms with van der Waals surface area (Å²) in [6, 6.07) is 0. The minimum Gasteiger partial charge on any atom is -0.355 e. The monoisotopic (exact) mass is 461 g/mol. The first kappa shape index (κ1) is 24.4. The minimum absolute atomic E-state index is 0.0925. The molecule has 0 aliphatic heterocycles. The van der Waals surface area contributed by atoms with E-state index in [-0.39, 0.29) is 30.5 Å². The maximum absolute atomic E-state index is 12.9. The van der Waals surface area contributed by atoms with E-state index in [0.717, 1.165) is 75.0 Å². The van der Waals surface area contributed by atoms with Crippen molar-refractivity contribution in [2.45, 2.75) is 65.3 Å². The Morgan fingerprint density at radius 1 is 1.09 bits per heavy atom. The molecule has 32 heavy (non-hydrogen) atoms. The number of nitrogens with zero attached hydrogens (tertiary/aromatic N) is 3. The van der Waals surface area contributed by atoms with Crippen LogP contribution in [0.25, 0.3) is 10.2 Å². The van der Waals surface area contributed by atoms with E-state index < -0.39 is 0 Å². The van der Waals surface area contributed by atoms with Crippen molar-refractivity contribution in [3.05, 3.63) is 27.1 Å². The quantitative estimate of drug-likeness (QED) is 0.472. The summed E-state index contributed by atoms with van der Waals surface area (Å²) in [5.74, 6) is -0.590. The smallest absolute Gasteiger partial charge is 0.262 e. The predicted molar refractivity (Wildman–Crippen MR) is 128 cm³/mol. The van der Waals surface area contributed by atoms with Gasteiger partial charge >= 0.3 is 0 Å². The van der Waals surface area contributed by atoms with Gasteiger partial charge < -0.3 is 15.5 Å². The molecule has 176 valence electrons. The lowest BCUT2D eigenvalue weighted by Crippen LogP contribution is -2.40. The highest BCUT2D eigenvalue weighted by molar-refractivity contribution is 7.18. The molecule has 1 aliphatic carbocycles. The number of carbonyl (C=O) groups is 2. The molecule has 2 aromatic heterocycles. The van der Waals surface area contributed by atoms with E-state index in [1.807, 2.05) is 0 Å². The SMILES string of the molecule is CCCN(CCC)CCCNC(=O)CNC(=O)Cn1cnc2sc3c(c2c1=O)CCCC3. The standard InChI is InChI=1S/C23H35N5O3S/c1-3-11-27(12-4-2)13-7-10-24-19(29)14-25-20(30)15-28-16-26-22-21(23(28)31)17-8-5-6-9-18(17)32-22/h16H,3-15H2,1-2H3,(H,24,29)(H,25,30). The largest absolute Gasteiger partial charge is 0.355 e. The van der Waals surface area contributed by atoms with Crippen molar-refractivity contribution in [3.8, 4) is 0 Å². The van der Waals surface area contributed by atoms with Gasteiger partial charge in [-0.1, -0.05) is 13.8 Å². The molecule has 1 aliphatic rings. The molecular formula is C23H35N5O3S. The van der Waals surface area contributed by atoms with E-state index in [1.54, 1.807) is 11.3 Å². The van der Waals surface area contributed by atoms with Gasteiger partial charge in [-0.3, -0.25) is 19.0 Å². The number of hydrogen-bond donors (Lipinski definition) is 2. The van der Waals surface area contributed by atoms with Crippen LogP contribution in [-0.4, -0.2) is 59.0 Å². The van der Waals surface area contributed by atoms with Gasteiger partial charge in [-0.25, -0.2) is 4.98 Å². The van der Waals surface area contributed by atoms with E-state index in [1.165, 1.54) is 15.8 Å². The second kappa shape index (κ2) is 12.1. The van der Waals surface area contributed by atoms with Crippen LogP contribution in [0, 0.1) is 0 Å². The lowest BCUT2D eigenvalue weighted by molar-refractivity contribution is -0.126. The Morgan fingerprint density at radius 2 is 1.84 bits per heavy atom. The normalized spacial score (nSPS) is 13.3. The number of rotatable bonds is 12. The average Bonchev–Trinajstić information content (AvgIpc) is 3.17. The Hall–Kier alpha value is -2.26. The molecule has 0 fully saturated rings. The van der Waals surface area contributed by atoms with Crippen LogP contribution in [-0.2, 0) is 29.0 Å². The molecule has 0 unspecified atom stereocenters. The van der Waals surface area contributed by atoms with Gasteiger partial charge in [0.05, 0.1) is 18.3 Å². The van der Waals surface area contributed by atoms with Crippen molar-refractivity contribution in [2.24, 2.45) is 0 Å². The number of fused-ring (bicyclic) bond motifs is 3. The van der Waals surface area contributed by atoms with Crippen LogP contribution >= 0.6 is 11.3 Å². The molecule has 8 nitrogen and oxygen atoms in total. The second-order valence-electron chi connectivity index (χ2n) is 8.39. The van der Waals surface area contributed by atoms with Crippen LogP contribution in [0.4, 0.5) is 0 Å². The third-order valence-corrected chi connectivity index (χ3v) is 6.95. The van der Waals surface area contributed by atoms with E-state index >= 15 is 0 Å². The molecule has 0 aromatic carbocycles. The first-order valence-electron chi connectivity index (χ1n) is 11.8. The summed E-state index contributed by atoms with van der Waals surface area (Å²) in [5.41, 5.74) is 0.942. The number of nitrogens with one attached hydrogen (secondary N) is 2. The van der Waals surface area contributed by atoms with Crippen molar-refractivity contribution >= 4 is 33.4 Å². The summed E-state index contributed by atoms with van der Waals surface area (Å²) >= 11 is 1.59. The van der Waals surface area contributed by atoms with Crippen molar-refractivity contribution in [1.29, 1.82) is 0 Å². The number of aryl methyl sites for hydroxylation is 2. The Kier molecular flexibility index (Phi) is 9.23. The van der Waals surface area contributed by atoms with Crippen LogP contribution < -0.4 is 16.2 Å². The lowest BCUT2D eigenvalue weighted by atomic mass is 9.97. The summed E-state index contributed by atoms with van der Waals surface area (Å²) in [6.07, 6.45) is 8.69. The van der Waals surface area contributed by atoms with Crippen LogP contribution in [0.5, 0.6) is 0 Å². The summed E-state index contributed by atoms with van der Waals surface area (Å²) in [4.78, 5) is 46.1. The topological polar surface area (TPSA) is 96.3 Å². The Balaban J connectivity index is 1.45. The van der Waals surface area contributed by atoms with Crippen LogP contribution in [0.3, 0.4) is 0 Å². The second-order valence-corrected chi connectivity index (χ2v) is 9.47. The molecule has 2 amide bonds. The molecular weight excluding hydrogens is 426 g/mol. The molecule has 0 bridgehead atoms. The van der Waals surface area contributed by atoms with Crippen LogP contribution in [0.2, 0.25) is 0 Å². The van der Waals surface area contributed by atoms with Crippen LogP contribution in [0.1, 0.15) is 56.4 Å². The fraction of sp³-hybridized carbons (Fsp3) is 0.652. The number of amides is 2. The predicted octanol–water partition coefficient (Wildman–Crippen LogP) is 2.08. The van der Waals surface area contributed by atoms with Gasteiger partial charge in [-0.15, -0.1) is 11.3 Å². The zero-order valence-electron chi connectivity index (χ0n) is 19.2. The van der Waals surface area contributed by atoms with Gasteiger partial charge in [0.2, 0.25) is 11.8 Å². The summed E-state index contributed by atoms with van der Waals surface area (Å²) in [5, 5.41) is 6.12. The van der Waals surface area contributed by atoms with Crippen molar-refractivity contribution in [3.63, 3.8) is 0 Å². The molecule has 0 saturated heterocycles.